The molecule has 0 aromatic rings. The number of nitrogens with zero attached hydrogens (tertiary/aromatic N) is 2. The molecule has 0 amide bonds. The van der Waals surface area contributed by atoms with Crippen LogP contribution in [0.5, 0.6) is 0 Å². The van der Waals surface area contributed by atoms with Gasteiger partial charge in [0.1, 0.15) is 49.0 Å². The van der Waals surface area contributed by atoms with Crippen LogP contribution in [0.2, 0.25) is 78.6 Å². The van der Waals surface area contributed by atoms with Crippen molar-refractivity contribution in [2.75, 3.05) is 0 Å². The van der Waals surface area contributed by atoms with E-state index >= 15 is 0 Å². The second-order valence-corrected chi connectivity index (χ2v) is 45.8. The molecule has 0 fully saturated rings. The summed E-state index contributed by atoms with van der Waals surface area (Å²) in [4.78, 5) is 0. The predicted octanol–water partition coefficient (Wildman–Crippen LogP) is 10.5. The topological polar surface area (TPSA) is 6.48 Å². The van der Waals surface area contributed by atoms with Gasteiger partial charge in [0.25, 0.3) is 0 Å². The molecule has 2 nitrogen and oxygen atoms in total. The summed E-state index contributed by atoms with van der Waals surface area (Å²) in [5.41, 5.74) is 9.90. The second kappa shape index (κ2) is 10.8. The summed E-state index contributed by atoms with van der Waals surface area (Å²) < 4.78 is 6.72. The van der Waals surface area contributed by atoms with Crippen LogP contribution in [-0.2, 0) is 0 Å². The van der Waals surface area contributed by atoms with E-state index in [2.05, 4.69) is 156 Å². The van der Waals surface area contributed by atoms with Gasteiger partial charge in [-0.05, 0) is 74.2 Å². The normalized spacial score (nSPS) is 21.1. The van der Waals surface area contributed by atoms with Gasteiger partial charge >= 0.3 is 0 Å². The zero-order valence-corrected chi connectivity index (χ0v) is 36.9. The zero-order valence-electron chi connectivity index (χ0n) is 30.9. The molecule has 228 valence electrons. The third kappa shape index (κ3) is 6.10. The molecule has 0 radical (unpaired) electrons. The molecular weight excluding hydrogens is 581 g/mol. The van der Waals surface area contributed by atoms with Crippen molar-refractivity contribution in [3.63, 3.8) is 0 Å². The number of rotatable bonds is 8. The largest absolute Gasteiger partial charge is 0.461 e. The molecule has 2 aliphatic rings. The van der Waals surface area contributed by atoms with Gasteiger partial charge in [0.05, 0.1) is 0 Å². The van der Waals surface area contributed by atoms with E-state index < -0.39 is 49.0 Å². The molecule has 2 rings (SSSR count). The van der Waals surface area contributed by atoms with Gasteiger partial charge in [-0.15, -0.1) is 0 Å². The van der Waals surface area contributed by atoms with E-state index in [4.69, 9.17) is 0 Å². The summed E-state index contributed by atoms with van der Waals surface area (Å²) in [5, 5.41) is 3.73. The van der Waals surface area contributed by atoms with E-state index in [1.807, 2.05) is 10.4 Å². The monoisotopic (exact) mass is 646 g/mol. The van der Waals surface area contributed by atoms with Crippen molar-refractivity contribution >= 4 is 49.0 Å². The van der Waals surface area contributed by atoms with Crippen LogP contribution in [-0.4, -0.2) is 56.8 Å². The minimum atomic E-state index is -1.69. The fourth-order valence-corrected chi connectivity index (χ4v) is 61.9. The lowest BCUT2D eigenvalue weighted by atomic mass is 9.87. The minimum absolute atomic E-state index is 0.120. The summed E-state index contributed by atoms with van der Waals surface area (Å²) in [6.07, 6.45) is 0. The van der Waals surface area contributed by atoms with Crippen LogP contribution in [0.4, 0.5) is 0 Å². The third-order valence-electron chi connectivity index (χ3n) is 9.95. The quantitative estimate of drug-likeness (QED) is 0.242. The Hall–Kier alpha value is -0.139. The van der Waals surface area contributed by atoms with Gasteiger partial charge in [0, 0.05) is 10.8 Å². The highest BCUT2D eigenvalue weighted by Crippen LogP contribution is 2.51. The van der Waals surface area contributed by atoms with Crippen molar-refractivity contribution in [2.24, 2.45) is 10.8 Å². The molecule has 0 unspecified atom stereocenters. The molecule has 2 aliphatic carbocycles. The first-order valence-corrected chi connectivity index (χ1v) is 33.3. The van der Waals surface area contributed by atoms with Crippen LogP contribution in [0.1, 0.15) is 69.2 Å². The Kier molecular flexibility index (Phi) is 9.72. The van der Waals surface area contributed by atoms with Crippen molar-refractivity contribution in [1.29, 1.82) is 0 Å². The van der Waals surface area contributed by atoms with E-state index in [9.17, 15) is 0 Å². The van der Waals surface area contributed by atoms with Gasteiger partial charge in [0.15, 0.2) is 0 Å². The maximum absolute atomic E-state index is 3.36. The van der Waals surface area contributed by atoms with Crippen molar-refractivity contribution in [3.8, 4) is 0 Å². The Morgan fingerprint density at radius 1 is 0.400 bits per heavy atom. The SMILES string of the molecule is CC1=C(C)C(C)(C)C([Si](N([Si](C)(C)C)[Si](C)(C)C)=[Si](C2=C(C)C(C)=C(C)C2(C)C)N([Si](C)(C)C)[Si](C)(C)C)=C1C. The molecule has 0 saturated heterocycles. The maximum Gasteiger partial charge on any atom is 0.142 e. The molecule has 0 atom stereocenters. The van der Waals surface area contributed by atoms with Gasteiger partial charge in [-0.2, -0.15) is 0 Å². The average Bonchev–Trinajstić information content (AvgIpc) is 2.94. The zero-order chi connectivity index (χ0) is 31.9. The van der Waals surface area contributed by atoms with Crippen LogP contribution >= 0.6 is 0 Å². The lowest BCUT2D eigenvalue weighted by Gasteiger charge is -2.56. The first-order chi connectivity index (χ1) is 17.4. The summed E-state index contributed by atoms with van der Waals surface area (Å²) in [7, 11) is -9.00. The Balaban J connectivity index is 3.53. The summed E-state index contributed by atoms with van der Waals surface area (Å²) >= 11 is 0. The van der Waals surface area contributed by atoms with Crippen LogP contribution in [0.25, 0.3) is 0 Å². The van der Waals surface area contributed by atoms with E-state index in [0.717, 1.165) is 0 Å². The average molecular weight is 647 g/mol. The highest BCUT2D eigenvalue weighted by molar-refractivity contribution is 7.17. The van der Waals surface area contributed by atoms with E-state index in [-0.39, 0.29) is 10.8 Å². The molecular formula is C32H66N2Si6. The summed E-state index contributed by atoms with van der Waals surface area (Å²) in [6.45, 7) is 57.1. The molecule has 0 aliphatic heterocycles. The van der Waals surface area contributed by atoms with Crippen molar-refractivity contribution in [2.45, 2.75) is 148 Å². The van der Waals surface area contributed by atoms with Gasteiger partial charge in [-0.3, -0.25) is 0 Å². The van der Waals surface area contributed by atoms with Crippen LogP contribution in [0.3, 0.4) is 0 Å². The summed E-state index contributed by atoms with van der Waals surface area (Å²) in [5.74, 6) is 0. The smallest absolute Gasteiger partial charge is 0.142 e. The lowest BCUT2D eigenvalue weighted by Crippen LogP contribution is -2.72. The standard InChI is InChI=1S/C32H66N2Si6/c1-23-25(3)29(31(7,8)27(23)5)35(33(37(11,12)13)38(14,15)16)36(34(39(17,18)19)40(20,21)22)30-26(4)24(2)28(6)32(30,9)10/h1-22H3. The van der Waals surface area contributed by atoms with Crippen molar-refractivity contribution in [3.05, 3.63) is 43.8 Å². The number of allylic oxidation sites excluding steroid dienone is 8. The lowest BCUT2D eigenvalue weighted by molar-refractivity contribution is 0.564. The van der Waals surface area contributed by atoms with Crippen molar-refractivity contribution in [1.82, 2.24) is 7.79 Å². The molecule has 0 saturated carbocycles. The third-order valence-corrected chi connectivity index (χ3v) is 45.3. The molecule has 0 spiro atoms. The molecule has 0 N–H and O–H groups in total. The fourth-order valence-electron chi connectivity index (χ4n) is 8.16. The highest BCUT2D eigenvalue weighted by Gasteiger charge is 2.51. The van der Waals surface area contributed by atoms with Gasteiger partial charge in [-0.25, -0.2) is 0 Å². The second-order valence-electron chi connectivity index (χ2n) is 17.8. The minimum Gasteiger partial charge on any atom is -0.461 e. The van der Waals surface area contributed by atoms with Gasteiger partial charge in [-0.1, -0.05) is 117 Å². The predicted molar refractivity (Wildman–Crippen MR) is 198 cm³/mol. The van der Waals surface area contributed by atoms with Gasteiger partial charge in [0.2, 0.25) is 0 Å². The van der Waals surface area contributed by atoms with Crippen LogP contribution in [0, 0.1) is 10.8 Å². The van der Waals surface area contributed by atoms with E-state index in [1.165, 1.54) is 0 Å². The molecule has 0 aromatic carbocycles. The molecule has 0 bridgehead atoms. The Morgan fingerprint density at radius 2 is 0.600 bits per heavy atom. The molecule has 40 heavy (non-hydrogen) atoms. The molecule has 8 heteroatoms. The molecule has 0 heterocycles. The fraction of sp³-hybridized carbons (Fsp3) is 0.750. The van der Waals surface area contributed by atoms with Crippen LogP contribution in [0.15, 0.2) is 43.8 Å². The number of hydrogen-bond donors (Lipinski definition) is 0. The number of hydrogen-bond acceptors (Lipinski definition) is 2. The Labute approximate surface area is 258 Å². The Bertz CT molecular complexity index is 1110. The summed E-state index contributed by atoms with van der Waals surface area (Å²) in [6, 6.07) is 0. The van der Waals surface area contributed by atoms with Gasteiger partial charge < -0.3 is 7.79 Å². The van der Waals surface area contributed by atoms with Crippen molar-refractivity contribution < 1.29 is 0 Å². The van der Waals surface area contributed by atoms with Crippen LogP contribution < -0.4 is 0 Å². The molecule has 0 aromatic heterocycles. The Morgan fingerprint density at radius 3 is 0.725 bits per heavy atom. The first-order valence-electron chi connectivity index (χ1n) is 15.6. The van der Waals surface area contributed by atoms with E-state index in [1.54, 1.807) is 33.4 Å². The maximum atomic E-state index is 3.36. The first kappa shape index (κ1) is 36.1. The van der Waals surface area contributed by atoms with E-state index in [0.29, 0.717) is 0 Å². The highest BCUT2D eigenvalue weighted by atomic mass is 28.9.